The molecule has 0 amide bonds. The molecule has 0 aliphatic heterocycles. The van der Waals surface area contributed by atoms with Crippen molar-refractivity contribution in [2.24, 2.45) is 0 Å². The van der Waals surface area contributed by atoms with Gasteiger partial charge in [0.2, 0.25) is 0 Å². The van der Waals surface area contributed by atoms with Gasteiger partial charge < -0.3 is 10.1 Å². The number of pyridine rings is 1. The van der Waals surface area contributed by atoms with E-state index in [9.17, 15) is 8.78 Å². The monoisotopic (exact) mass is 232 g/mol. The molecule has 0 fully saturated rings. The van der Waals surface area contributed by atoms with Crippen LogP contribution in [0.1, 0.15) is 27.7 Å². The number of alkyl halides is 2. The zero-order valence-corrected chi connectivity index (χ0v) is 10.00. The normalized spacial score (nSPS) is 9.75. The molecule has 5 heteroatoms. The Balaban J connectivity index is 0.00000106. The predicted molar refractivity (Wildman–Crippen MR) is 61.0 cm³/mol. The molecule has 1 aromatic heterocycles. The topological polar surface area (TPSA) is 34.1 Å². The van der Waals surface area contributed by atoms with Crippen molar-refractivity contribution >= 4 is 5.82 Å². The summed E-state index contributed by atoms with van der Waals surface area (Å²) in [6.07, 6.45) is 1.26. The number of aromatic nitrogens is 1. The van der Waals surface area contributed by atoms with Crippen molar-refractivity contribution in [3.8, 4) is 5.75 Å². The van der Waals surface area contributed by atoms with E-state index in [4.69, 9.17) is 0 Å². The Bertz CT molecular complexity index is 247. The second-order valence-corrected chi connectivity index (χ2v) is 3.06. The Hall–Kier alpha value is -1.39. The van der Waals surface area contributed by atoms with Crippen LogP contribution < -0.4 is 10.1 Å². The maximum atomic E-state index is 11.8. The van der Waals surface area contributed by atoms with Crippen LogP contribution in [0.15, 0.2) is 18.3 Å². The highest BCUT2D eigenvalue weighted by atomic mass is 19.3. The van der Waals surface area contributed by atoms with Crippen LogP contribution in [0.2, 0.25) is 0 Å². The smallest absolute Gasteiger partial charge is 0.387 e. The van der Waals surface area contributed by atoms with Crippen LogP contribution in [-0.4, -0.2) is 17.6 Å². The van der Waals surface area contributed by atoms with Crippen molar-refractivity contribution in [3.63, 3.8) is 0 Å². The summed E-state index contributed by atoms with van der Waals surface area (Å²) in [5.41, 5.74) is 0. The van der Waals surface area contributed by atoms with Gasteiger partial charge in [-0.15, -0.1) is 0 Å². The second kappa shape index (κ2) is 7.84. The third-order valence-electron chi connectivity index (χ3n) is 1.40. The van der Waals surface area contributed by atoms with Crippen molar-refractivity contribution in [2.75, 3.05) is 5.32 Å². The van der Waals surface area contributed by atoms with Crippen molar-refractivity contribution in [1.82, 2.24) is 4.98 Å². The van der Waals surface area contributed by atoms with E-state index < -0.39 is 6.61 Å². The lowest BCUT2D eigenvalue weighted by Crippen LogP contribution is -2.11. The first-order valence-electron chi connectivity index (χ1n) is 5.25. The highest BCUT2D eigenvalue weighted by Crippen LogP contribution is 2.14. The molecule has 0 aliphatic rings. The molecule has 0 radical (unpaired) electrons. The molecule has 0 aliphatic carbocycles. The van der Waals surface area contributed by atoms with Gasteiger partial charge >= 0.3 is 6.61 Å². The number of halogens is 2. The molecular weight excluding hydrogens is 214 g/mol. The summed E-state index contributed by atoms with van der Waals surface area (Å²) >= 11 is 0. The van der Waals surface area contributed by atoms with E-state index >= 15 is 0 Å². The SMILES string of the molecule is CC.CC(C)Nc1ccc(OC(F)F)cn1. The zero-order valence-electron chi connectivity index (χ0n) is 10.00. The van der Waals surface area contributed by atoms with Crippen LogP contribution in [0.3, 0.4) is 0 Å². The number of nitrogens with one attached hydrogen (secondary N) is 1. The Labute approximate surface area is 94.8 Å². The van der Waals surface area contributed by atoms with Gasteiger partial charge in [0.05, 0.1) is 6.20 Å². The van der Waals surface area contributed by atoms with Gasteiger partial charge in [-0.3, -0.25) is 0 Å². The number of hydrogen-bond acceptors (Lipinski definition) is 3. The fraction of sp³-hybridized carbons (Fsp3) is 0.545. The van der Waals surface area contributed by atoms with Gasteiger partial charge in [-0.2, -0.15) is 8.78 Å². The average Bonchev–Trinajstić information content (AvgIpc) is 2.22. The number of anilines is 1. The maximum absolute atomic E-state index is 11.8. The summed E-state index contributed by atoms with van der Waals surface area (Å²) in [6, 6.07) is 3.30. The minimum absolute atomic E-state index is 0.0642. The summed E-state index contributed by atoms with van der Waals surface area (Å²) in [5.74, 6) is 0.705. The second-order valence-electron chi connectivity index (χ2n) is 3.06. The molecule has 0 saturated carbocycles. The van der Waals surface area contributed by atoms with E-state index in [0.29, 0.717) is 5.82 Å². The fourth-order valence-corrected chi connectivity index (χ4v) is 0.934. The summed E-state index contributed by atoms with van der Waals surface area (Å²) in [7, 11) is 0. The van der Waals surface area contributed by atoms with Gasteiger partial charge in [-0.05, 0) is 26.0 Å². The fourth-order valence-electron chi connectivity index (χ4n) is 0.934. The third-order valence-corrected chi connectivity index (χ3v) is 1.40. The van der Waals surface area contributed by atoms with Crippen molar-refractivity contribution in [2.45, 2.75) is 40.3 Å². The molecule has 1 aromatic rings. The van der Waals surface area contributed by atoms with E-state index in [-0.39, 0.29) is 11.8 Å². The Morgan fingerprint density at radius 2 is 1.88 bits per heavy atom. The summed E-state index contributed by atoms with van der Waals surface area (Å²) in [6.45, 7) is 5.12. The predicted octanol–water partition coefficient (Wildman–Crippen LogP) is 3.53. The molecule has 0 bridgehead atoms. The van der Waals surface area contributed by atoms with E-state index in [2.05, 4.69) is 15.0 Å². The van der Waals surface area contributed by atoms with Crippen molar-refractivity contribution < 1.29 is 13.5 Å². The summed E-state index contributed by atoms with van der Waals surface area (Å²) in [4.78, 5) is 3.90. The lowest BCUT2D eigenvalue weighted by atomic mass is 10.3. The quantitative estimate of drug-likeness (QED) is 0.862. The average molecular weight is 232 g/mol. The molecule has 0 aromatic carbocycles. The molecule has 0 spiro atoms. The van der Waals surface area contributed by atoms with Gasteiger partial charge in [0.25, 0.3) is 0 Å². The molecule has 1 N–H and O–H groups in total. The molecular formula is C11H18F2N2O. The Morgan fingerprint density at radius 3 is 2.25 bits per heavy atom. The van der Waals surface area contributed by atoms with E-state index in [1.165, 1.54) is 12.3 Å². The third kappa shape index (κ3) is 6.16. The van der Waals surface area contributed by atoms with Crippen LogP contribution >= 0.6 is 0 Å². The number of ether oxygens (including phenoxy) is 1. The standard InChI is InChI=1S/C9H12F2N2O.C2H6/c1-6(2)13-8-4-3-7(5-12-8)14-9(10)11;1-2/h3-6,9H,1-2H3,(H,12,13);1-2H3. The Morgan fingerprint density at radius 1 is 1.25 bits per heavy atom. The van der Waals surface area contributed by atoms with Crippen LogP contribution in [0.5, 0.6) is 5.75 Å². The van der Waals surface area contributed by atoms with Crippen LogP contribution in [0.4, 0.5) is 14.6 Å². The first-order chi connectivity index (χ1) is 7.58. The van der Waals surface area contributed by atoms with Crippen molar-refractivity contribution in [3.05, 3.63) is 18.3 Å². The van der Waals surface area contributed by atoms with Gasteiger partial charge in [0, 0.05) is 6.04 Å². The highest BCUT2D eigenvalue weighted by Gasteiger charge is 2.04. The summed E-state index contributed by atoms with van der Waals surface area (Å²) in [5, 5.41) is 3.03. The molecule has 92 valence electrons. The van der Waals surface area contributed by atoms with E-state index in [1.807, 2.05) is 27.7 Å². The maximum Gasteiger partial charge on any atom is 0.387 e. The molecule has 0 unspecified atom stereocenters. The Kier molecular flexibility index (Phi) is 7.16. The lowest BCUT2D eigenvalue weighted by molar-refractivity contribution is -0.0500. The van der Waals surface area contributed by atoms with E-state index in [1.54, 1.807) is 6.07 Å². The largest absolute Gasteiger partial charge is 0.433 e. The minimum Gasteiger partial charge on any atom is -0.433 e. The molecule has 3 nitrogen and oxygen atoms in total. The molecule has 0 saturated heterocycles. The van der Waals surface area contributed by atoms with E-state index in [0.717, 1.165) is 0 Å². The van der Waals surface area contributed by atoms with Gasteiger partial charge in [-0.1, -0.05) is 13.8 Å². The molecule has 16 heavy (non-hydrogen) atoms. The van der Waals surface area contributed by atoms with Crippen LogP contribution in [0, 0.1) is 0 Å². The minimum atomic E-state index is -2.80. The number of nitrogens with zero attached hydrogens (tertiary/aromatic N) is 1. The van der Waals surface area contributed by atoms with Crippen LogP contribution in [-0.2, 0) is 0 Å². The number of rotatable bonds is 4. The zero-order chi connectivity index (χ0) is 12.6. The number of hydrogen-bond donors (Lipinski definition) is 1. The van der Waals surface area contributed by atoms with Crippen LogP contribution in [0.25, 0.3) is 0 Å². The molecule has 1 heterocycles. The van der Waals surface area contributed by atoms with Gasteiger partial charge in [0.1, 0.15) is 11.6 Å². The first-order valence-corrected chi connectivity index (χ1v) is 5.25. The lowest BCUT2D eigenvalue weighted by Gasteiger charge is -2.09. The molecule has 0 atom stereocenters. The first kappa shape index (κ1) is 14.6. The molecule has 1 rings (SSSR count). The van der Waals surface area contributed by atoms with Gasteiger partial charge in [-0.25, -0.2) is 4.98 Å². The summed E-state index contributed by atoms with van der Waals surface area (Å²) < 4.78 is 27.7. The highest BCUT2D eigenvalue weighted by molar-refractivity contribution is 5.37. The van der Waals surface area contributed by atoms with Crippen molar-refractivity contribution in [1.29, 1.82) is 0 Å². The van der Waals surface area contributed by atoms with Gasteiger partial charge in [0.15, 0.2) is 0 Å².